The van der Waals surface area contributed by atoms with Crippen LogP contribution in [0.5, 0.6) is 0 Å². The number of nitrogens with zero attached hydrogens (tertiary/aromatic N) is 2. The SMILES string of the molecule is CNc1cc([N+](=O)[O-])cc(NC2CCC2)n1. The van der Waals surface area contributed by atoms with Crippen LogP contribution in [0.1, 0.15) is 19.3 Å². The molecule has 1 aromatic heterocycles. The Morgan fingerprint density at radius 3 is 2.62 bits per heavy atom. The lowest BCUT2D eigenvalue weighted by Crippen LogP contribution is -2.27. The lowest BCUT2D eigenvalue weighted by molar-refractivity contribution is -0.384. The Balaban J connectivity index is 2.21. The van der Waals surface area contributed by atoms with E-state index in [0.717, 1.165) is 12.8 Å². The van der Waals surface area contributed by atoms with Crippen molar-refractivity contribution in [1.29, 1.82) is 0 Å². The third kappa shape index (κ3) is 2.21. The van der Waals surface area contributed by atoms with Gasteiger partial charge in [0.25, 0.3) is 5.69 Å². The maximum Gasteiger partial charge on any atom is 0.276 e. The maximum absolute atomic E-state index is 10.7. The second kappa shape index (κ2) is 4.34. The van der Waals surface area contributed by atoms with Crippen molar-refractivity contribution in [2.45, 2.75) is 25.3 Å². The summed E-state index contributed by atoms with van der Waals surface area (Å²) < 4.78 is 0. The van der Waals surface area contributed by atoms with E-state index in [0.29, 0.717) is 17.7 Å². The topological polar surface area (TPSA) is 80.1 Å². The van der Waals surface area contributed by atoms with Crippen LogP contribution in [0.3, 0.4) is 0 Å². The average molecular weight is 222 g/mol. The highest BCUT2D eigenvalue weighted by atomic mass is 16.6. The Morgan fingerprint density at radius 1 is 1.44 bits per heavy atom. The molecule has 1 heterocycles. The zero-order valence-electron chi connectivity index (χ0n) is 9.06. The van der Waals surface area contributed by atoms with Crippen LogP contribution in [0.2, 0.25) is 0 Å². The van der Waals surface area contributed by atoms with Gasteiger partial charge in [-0.3, -0.25) is 10.1 Å². The van der Waals surface area contributed by atoms with Gasteiger partial charge in [-0.05, 0) is 19.3 Å². The molecule has 0 amide bonds. The highest BCUT2D eigenvalue weighted by Gasteiger charge is 2.19. The Kier molecular flexibility index (Phi) is 2.89. The summed E-state index contributed by atoms with van der Waals surface area (Å²) in [7, 11) is 1.69. The first-order valence-corrected chi connectivity index (χ1v) is 5.30. The van der Waals surface area contributed by atoms with Crippen LogP contribution in [0.25, 0.3) is 0 Å². The van der Waals surface area contributed by atoms with Gasteiger partial charge in [0.2, 0.25) is 0 Å². The predicted octanol–water partition coefficient (Wildman–Crippen LogP) is 2.00. The normalized spacial score (nSPS) is 15.3. The molecule has 0 bridgehead atoms. The summed E-state index contributed by atoms with van der Waals surface area (Å²) in [5.74, 6) is 1.08. The fourth-order valence-corrected chi connectivity index (χ4v) is 1.59. The molecule has 1 aliphatic carbocycles. The van der Waals surface area contributed by atoms with Crippen molar-refractivity contribution in [3.63, 3.8) is 0 Å². The molecule has 2 N–H and O–H groups in total. The number of hydrogen-bond donors (Lipinski definition) is 2. The van der Waals surface area contributed by atoms with Gasteiger partial charge in [0.1, 0.15) is 11.6 Å². The van der Waals surface area contributed by atoms with E-state index in [9.17, 15) is 10.1 Å². The molecule has 0 unspecified atom stereocenters. The molecule has 0 aliphatic heterocycles. The van der Waals surface area contributed by atoms with Crippen molar-refractivity contribution < 1.29 is 4.92 Å². The quantitative estimate of drug-likeness (QED) is 0.601. The summed E-state index contributed by atoms with van der Waals surface area (Å²) in [4.78, 5) is 14.5. The lowest BCUT2D eigenvalue weighted by atomic mass is 9.93. The summed E-state index contributed by atoms with van der Waals surface area (Å²) in [6.07, 6.45) is 3.43. The zero-order chi connectivity index (χ0) is 11.5. The van der Waals surface area contributed by atoms with E-state index in [1.807, 2.05) is 0 Å². The highest BCUT2D eigenvalue weighted by Crippen LogP contribution is 2.25. The molecule has 6 heteroatoms. The van der Waals surface area contributed by atoms with Crippen LogP contribution in [0, 0.1) is 10.1 Å². The van der Waals surface area contributed by atoms with Gasteiger partial charge in [-0.15, -0.1) is 0 Å². The van der Waals surface area contributed by atoms with E-state index in [1.54, 1.807) is 7.05 Å². The number of anilines is 2. The van der Waals surface area contributed by atoms with Crippen LogP contribution in [0.15, 0.2) is 12.1 Å². The molecule has 0 saturated heterocycles. The molecule has 6 nitrogen and oxygen atoms in total. The second-order valence-corrected chi connectivity index (χ2v) is 3.88. The van der Waals surface area contributed by atoms with Gasteiger partial charge in [0.05, 0.1) is 17.1 Å². The van der Waals surface area contributed by atoms with Crippen LogP contribution >= 0.6 is 0 Å². The molecule has 1 fully saturated rings. The number of pyridine rings is 1. The summed E-state index contributed by atoms with van der Waals surface area (Å²) in [5, 5.41) is 16.7. The van der Waals surface area contributed by atoms with Crippen molar-refractivity contribution in [2.24, 2.45) is 0 Å². The molecule has 1 aliphatic rings. The Hall–Kier alpha value is -1.85. The molecule has 0 aromatic carbocycles. The van der Waals surface area contributed by atoms with Crippen molar-refractivity contribution >= 4 is 17.3 Å². The third-order valence-corrected chi connectivity index (χ3v) is 2.73. The summed E-state index contributed by atoms with van der Waals surface area (Å²) >= 11 is 0. The van der Waals surface area contributed by atoms with Crippen molar-refractivity contribution in [1.82, 2.24) is 4.98 Å². The van der Waals surface area contributed by atoms with Crippen LogP contribution in [-0.2, 0) is 0 Å². The molecule has 2 rings (SSSR count). The van der Waals surface area contributed by atoms with E-state index in [-0.39, 0.29) is 5.69 Å². The van der Waals surface area contributed by atoms with Crippen LogP contribution < -0.4 is 10.6 Å². The Labute approximate surface area is 93.2 Å². The fraction of sp³-hybridized carbons (Fsp3) is 0.500. The van der Waals surface area contributed by atoms with Crippen molar-refractivity contribution in [2.75, 3.05) is 17.7 Å². The minimum absolute atomic E-state index is 0.0566. The van der Waals surface area contributed by atoms with Crippen molar-refractivity contribution in [3.05, 3.63) is 22.2 Å². The minimum atomic E-state index is -0.408. The monoisotopic (exact) mass is 222 g/mol. The van der Waals surface area contributed by atoms with E-state index in [1.165, 1.54) is 18.6 Å². The number of nitrogens with one attached hydrogen (secondary N) is 2. The Bertz CT molecular complexity index is 404. The average Bonchev–Trinajstić information content (AvgIpc) is 2.23. The fourth-order valence-electron chi connectivity index (χ4n) is 1.59. The summed E-state index contributed by atoms with van der Waals surface area (Å²) in [6, 6.07) is 3.31. The third-order valence-electron chi connectivity index (χ3n) is 2.73. The number of rotatable bonds is 4. The number of hydrogen-bond acceptors (Lipinski definition) is 5. The largest absolute Gasteiger partial charge is 0.373 e. The molecule has 1 saturated carbocycles. The zero-order valence-corrected chi connectivity index (χ0v) is 9.06. The number of nitro groups is 1. The van der Waals surface area contributed by atoms with Crippen LogP contribution in [0.4, 0.5) is 17.3 Å². The molecular weight excluding hydrogens is 208 g/mol. The number of aromatic nitrogens is 1. The summed E-state index contributed by atoms with van der Waals surface area (Å²) in [5.41, 5.74) is 0.0566. The van der Waals surface area contributed by atoms with Gasteiger partial charge < -0.3 is 10.6 Å². The van der Waals surface area contributed by atoms with E-state index >= 15 is 0 Å². The molecule has 0 atom stereocenters. The standard InChI is InChI=1S/C10H14N4O2/c1-11-9-5-8(14(15)16)6-10(13-9)12-7-3-2-4-7/h5-7H,2-4H2,1H3,(H2,11,12,13). The molecule has 0 spiro atoms. The van der Waals surface area contributed by atoms with Gasteiger partial charge in [-0.2, -0.15) is 0 Å². The van der Waals surface area contributed by atoms with Gasteiger partial charge in [0, 0.05) is 13.1 Å². The predicted molar refractivity (Wildman–Crippen MR) is 61.7 cm³/mol. The smallest absolute Gasteiger partial charge is 0.276 e. The van der Waals surface area contributed by atoms with E-state index < -0.39 is 4.92 Å². The van der Waals surface area contributed by atoms with E-state index in [2.05, 4.69) is 15.6 Å². The first-order chi connectivity index (χ1) is 7.69. The molecule has 1 aromatic rings. The molecule has 16 heavy (non-hydrogen) atoms. The van der Waals surface area contributed by atoms with Gasteiger partial charge >= 0.3 is 0 Å². The highest BCUT2D eigenvalue weighted by molar-refractivity contribution is 5.54. The van der Waals surface area contributed by atoms with Gasteiger partial charge in [-0.25, -0.2) is 4.98 Å². The molecule has 86 valence electrons. The lowest BCUT2D eigenvalue weighted by Gasteiger charge is -2.26. The minimum Gasteiger partial charge on any atom is -0.373 e. The first kappa shape index (κ1) is 10.7. The van der Waals surface area contributed by atoms with Gasteiger partial charge in [-0.1, -0.05) is 0 Å². The first-order valence-electron chi connectivity index (χ1n) is 5.30. The summed E-state index contributed by atoms with van der Waals surface area (Å²) in [6.45, 7) is 0. The molecular formula is C10H14N4O2. The van der Waals surface area contributed by atoms with Crippen molar-refractivity contribution in [3.8, 4) is 0 Å². The maximum atomic E-state index is 10.7. The molecule has 0 radical (unpaired) electrons. The second-order valence-electron chi connectivity index (χ2n) is 3.88. The van der Waals surface area contributed by atoms with Crippen LogP contribution in [-0.4, -0.2) is 23.0 Å². The van der Waals surface area contributed by atoms with E-state index in [4.69, 9.17) is 0 Å². The van der Waals surface area contributed by atoms with Gasteiger partial charge in [0.15, 0.2) is 0 Å². The Morgan fingerprint density at radius 2 is 2.12 bits per heavy atom.